The van der Waals surface area contributed by atoms with Gasteiger partial charge in [-0.05, 0) is 70.6 Å². The first kappa shape index (κ1) is 73.8. The molecule has 0 saturated carbocycles. The monoisotopic (exact) mass is 1070 g/mol. The zero-order valence-electron chi connectivity index (χ0n) is 51.2. The van der Waals surface area contributed by atoms with E-state index in [1.54, 1.807) is 0 Å². The molecule has 0 fully saturated rings. The van der Waals surface area contributed by atoms with Crippen molar-refractivity contribution in [1.29, 1.82) is 0 Å². The number of carbonyl (C=O) groups is 3. The third kappa shape index (κ3) is 63.6. The summed E-state index contributed by atoms with van der Waals surface area (Å²) in [6.45, 7) is 6.54. The van der Waals surface area contributed by atoms with E-state index in [2.05, 4.69) is 93.7 Å². The molecule has 0 spiro atoms. The summed E-state index contributed by atoms with van der Waals surface area (Å²) in [4.78, 5) is 38.3. The Balaban J connectivity index is 4.24. The molecule has 1 unspecified atom stereocenters. The largest absolute Gasteiger partial charge is 0.462 e. The third-order valence-electron chi connectivity index (χ3n) is 14.7. The van der Waals surface area contributed by atoms with Gasteiger partial charge >= 0.3 is 17.9 Å². The molecule has 0 aromatic carbocycles. The second kappa shape index (κ2) is 65.4. The summed E-state index contributed by atoms with van der Waals surface area (Å²) >= 11 is 0. The van der Waals surface area contributed by atoms with Crippen LogP contribution in [0.1, 0.15) is 342 Å². The summed E-state index contributed by atoms with van der Waals surface area (Å²) in [7, 11) is 0. The van der Waals surface area contributed by atoms with E-state index >= 15 is 0 Å². The van der Waals surface area contributed by atoms with Crippen LogP contribution >= 0.6 is 0 Å². The minimum Gasteiger partial charge on any atom is -0.462 e. The lowest BCUT2D eigenvalue weighted by atomic mass is 10.0. The molecule has 0 aliphatic carbocycles. The van der Waals surface area contributed by atoms with Gasteiger partial charge in [0.15, 0.2) is 6.10 Å². The number of rotatable bonds is 61. The van der Waals surface area contributed by atoms with Crippen molar-refractivity contribution >= 4 is 17.9 Å². The Morgan fingerprint density at radius 3 is 0.792 bits per heavy atom. The summed E-state index contributed by atoms with van der Waals surface area (Å²) in [5.74, 6) is -0.891. The average molecular weight is 1080 g/mol. The number of hydrogen-bond acceptors (Lipinski definition) is 6. The van der Waals surface area contributed by atoms with Crippen molar-refractivity contribution in [2.75, 3.05) is 13.2 Å². The molecule has 0 aromatic heterocycles. The van der Waals surface area contributed by atoms with Gasteiger partial charge in [-0.2, -0.15) is 0 Å². The van der Waals surface area contributed by atoms with E-state index in [0.717, 1.165) is 109 Å². The molecular weight excluding hydrogens is 949 g/mol. The summed E-state index contributed by atoms with van der Waals surface area (Å²) < 4.78 is 16.9. The molecule has 0 bridgehead atoms. The van der Waals surface area contributed by atoms with E-state index < -0.39 is 6.10 Å². The highest BCUT2D eigenvalue weighted by Gasteiger charge is 2.19. The molecule has 77 heavy (non-hydrogen) atoms. The zero-order valence-corrected chi connectivity index (χ0v) is 51.2. The van der Waals surface area contributed by atoms with E-state index in [4.69, 9.17) is 14.2 Å². The molecule has 0 amide bonds. The van der Waals surface area contributed by atoms with E-state index in [0.29, 0.717) is 19.3 Å². The molecule has 0 aliphatic heterocycles. The standard InChI is InChI=1S/C71H126O6/c1-4-7-10-13-16-19-22-24-26-28-30-32-34-35-36-38-39-41-43-45-47-49-52-55-58-61-64-70(73)76-67-68(66-75-69(72)63-60-57-54-51-21-18-15-12-9-6-3)77-71(74)65-62-59-56-53-50-48-46-44-42-40-37-33-31-29-27-25-23-20-17-14-11-8-5-2/h8,11,17,20,25,27,31,33,40,42,46,48,68H,4-7,9-10,12-16,18-19,21-24,26,28-30,32,34-39,41,43-45,47,49-67H2,1-3H3/b11-8-,20-17-,27-25-,33-31-,42-40-,48-46-. The van der Waals surface area contributed by atoms with Crippen LogP contribution < -0.4 is 0 Å². The van der Waals surface area contributed by atoms with Gasteiger partial charge in [0, 0.05) is 19.3 Å². The highest BCUT2D eigenvalue weighted by molar-refractivity contribution is 5.71. The first-order chi connectivity index (χ1) is 38.0. The van der Waals surface area contributed by atoms with Crippen LogP contribution in [0.2, 0.25) is 0 Å². The second-order valence-electron chi connectivity index (χ2n) is 22.4. The Morgan fingerprint density at radius 1 is 0.273 bits per heavy atom. The molecule has 0 aromatic rings. The van der Waals surface area contributed by atoms with Crippen molar-refractivity contribution in [3.8, 4) is 0 Å². The molecule has 6 nitrogen and oxygen atoms in total. The maximum absolute atomic E-state index is 12.9. The van der Waals surface area contributed by atoms with Crippen molar-refractivity contribution < 1.29 is 28.6 Å². The van der Waals surface area contributed by atoms with E-state index in [9.17, 15) is 14.4 Å². The van der Waals surface area contributed by atoms with Crippen LogP contribution in [0.25, 0.3) is 0 Å². The van der Waals surface area contributed by atoms with Gasteiger partial charge in [-0.25, -0.2) is 0 Å². The predicted molar refractivity (Wildman–Crippen MR) is 335 cm³/mol. The van der Waals surface area contributed by atoms with Gasteiger partial charge in [0.05, 0.1) is 0 Å². The van der Waals surface area contributed by atoms with Gasteiger partial charge < -0.3 is 14.2 Å². The van der Waals surface area contributed by atoms with Gasteiger partial charge in [0.25, 0.3) is 0 Å². The fraction of sp³-hybridized carbons (Fsp3) is 0.789. The van der Waals surface area contributed by atoms with Crippen LogP contribution in [0.4, 0.5) is 0 Å². The molecule has 6 heteroatoms. The summed E-state index contributed by atoms with van der Waals surface area (Å²) in [6, 6.07) is 0. The molecule has 0 rings (SSSR count). The van der Waals surface area contributed by atoms with Crippen LogP contribution in [0.3, 0.4) is 0 Å². The lowest BCUT2D eigenvalue weighted by Crippen LogP contribution is -2.30. The lowest BCUT2D eigenvalue weighted by molar-refractivity contribution is -0.167. The Labute approximate surface area is 478 Å². The second-order valence-corrected chi connectivity index (χ2v) is 22.4. The number of carbonyl (C=O) groups excluding carboxylic acids is 3. The highest BCUT2D eigenvalue weighted by atomic mass is 16.6. The Bertz CT molecular complexity index is 1420. The van der Waals surface area contributed by atoms with E-state index in [-0.39, 0.29) is 31.1 Å². The Kier molecular flexibility index (Phi) is 62.7. The first-order valence-corrected chi connectivity index (χ1v) is 33.4. The Hall–Kier alpha value is -3.15. The van der Waals surface area contributed by atoms with Crippen LogP contribution in [0.15, 0.2) is 72.9 Å². The SMILES string of the molecule is CC/C=C\C/C=C\C/C=C\C/C=C\C/C=C\C/C=C\CCCCCCC(=O)OC(COC(=O)CCCCCCCCCCCC)COC(=O)CCCCCCCCCCCCCCCCCCCCCCCCCCCC. The normalized spacial score (nSPS) is 12.5. The molecule has 1 atom stereocenters. The topological polar surface area (TPSA) is 78.9 Å². The number of allylic oxidation sites excluding steroid dienone is 12. The minimum atomic E-state index is -0.787. The number of esters is 3. The maximum Gasteiger partial charge on any atom is 0.306 e. The summed E-state index contributed by atoms with van der Waals surface area (Å²) in [5, 5.41) is 0. The molecule has 0 heterocycles. The van der Waals surface area contributed by atoms with Crippen LogP contribution in [-0.4, -0.2) is 37.2 Å². The Morgan fingerprint density at radius 2 is 0.506 bits per heavy atom. The fourth-order valence-electron chi connectivity index (χ4n) is 9.74. The van der Waals surface area contributed by atoms with Crippen molar-refractivity contribution in [3.63, 3.8) is 0 Å². The number of ether oxygens (including phenoxy) is 3. The fourth-order valence-corrected chi connectivity index (χ4v) is 9.74. The molecule has 0 radical (unpaired) electrons. The average Bonchev–Trinajstić information content (AvgIpc) is 3.43. The molecule has 446 valence electrons. The van der Waals surface area contributed by atoms with Gasteiger partial charge in [-0.3, -0.25) is 14.4 Å². The van der Waals surface area contributed by atoms with Gasteiger partial charge in [0.1, 0.15) is 13.2 Å². The summed E-state index contributed by atoms with van der Waals surface area (Å²) in [5.41, 5.74) is 0. The van der Waals surface area contributed by atoms with Gasteiger partial charge in [-0.15, -0.1) is 0 Å². The van der Waals surface area contributed by atoms with Crippen LogP contribution in [0, 0.1) is 0 Å². The minimum absolute atomic E-state index is 0.0818. The van der Waals surface area contributed by atoms with E-state index in [1.165, 1.54) is 193 Å². The third-order valence-corrected chi connectivity index (χ3v) is 14.7. The van der Waals surface area contributed by atoms with Crippen molar-refractivity contribution in [2.24, 2.45) is 0 Å². The molecule has 0 saturated heterocycles. The zero-order chi connectivity index (χ0) is 55.7. The number of hydrogen-bond donors (Lipinski definition) is 0. The molecular formula is C71H126O6. The molecule has 0 N–H and O–H groups in total. The quantitative estimate of drug-likeness (QED) is 0.0261. The summed E-state index contributed by atoms with van der Waals surface area (Å²) in [6.07, 6.45) is 85.0. The number of unbranched alkanes of at least 4 members (excludes halogenated alkanes) is 38. The van der Waals surface area contributed by atoms with Crippen molar-refractivity contribution in [3.05, 3.63) is 72.9 Å². The predicted octanol–water partition coefficient (Wildman–Crippen LogP) is 22.9. The van der Waals surface area contributed by atoms with Crippen molar-refractivity contribution in [1.82, 2.24) is 0 Å². The first-order valence-electron chi connectivity index (χ1n) is 33.4. The van der Waals surface area contributed by atoms with Crippen molar-refractivity contribution in [2.45, 2.75) is 348 Å². The van der Waals surface area contributed by atoms with Crippen LogP contribution in [-0.2, 0) is 28.6 Å². The van der Waals surface area contributed by atoms with Gasteiger partial charge in [0.2, 0.25) is 0 Å². The highest BCUT2D eigenvalue weighted by Crippen LogP contribution is 2.18. The maximum atomic E-state index is 12.9. The van der Waals surface area contributed by atoms with Crippen LogP contribution in [0.5, 0.6) is 0 Å². The van der Waals surface area contributed by atoms with E-state index in [1.807, 2.05) is 0 Å². The molecule has 0 aliphatic rings. The smallest absolute Gasteiger partial charge is 0.306 e. The lowest BCUT2D eigenvalue weighted by Gasteiger charge is -2.18. The van der Waals surface area contributed by atoms with Gasteiger partial charge in [-0.1, -0.05) is 325 Å².